The van der Waals surface area contributed by atoms with Crippen molar-refractivity contribution >= 4 is 11.8 Å². The summed E-state index contributed by atoms with van der Waals surface area (Å²) in [7, 11) is 0. The standard InChI is InChI=1S/C16H28N2O2/c1-11(2)7-6-10-18-14(20)16(5,12-8-9-12)17-13(19)15(18,3)4/h11-12H,6-10H2,1-5H3,(H,17,19). The third kappa shape index (κ3) is 2.57. The molecule has 0 spiro atoms. The van der Waals surface area contributed by atoms with Gasteiger partial charge in [-0.05, 0) is 58.3 Å². The number of hydrogen-bond acceptors (Lipinski definition) is 2. The monoisotopic (exact) mass is 280 g/mol. The van der Waals surface area contributed by atoms with Gasteiger partial charge in [-0.1, -0.05) is 13.8 Å². The minimum absolute atomic E-state index is 0.0175. The molecule has 1 N–H and O–H groups in total. The molecule has 1 saturated heterocycles. The summed E-state index contributed by atoms with van der Waals surface area (Å²) in [6.45, 7) is 10.6. The van der Waals surface area contributed by atoms with Gasteiger partial charge in [0.05, 0.1) is 0 Å². The van der Waals surface area contributed by atoms with E-state index in [-0.39, 0.29) is 11.8 Å². The molecule has 2 fully saturated rings. The van der Waals surface area contributed by atoms with Crippen LogP contribution in [0.2, 0.25) is 0 Å². The molecular formula is C16H28N2O2. The predicted octanol–water partition coefficient (Wildman–Crippen LogP) is 2.33. The Kier molecular flexibility index (Phi) is 3.87. The Morgan fingerprint density at radius 2 is 1.85 bits per heavy atom. The summed E-state index contributed by atoms with van der Waals surface area (Å²) in [5.41, 5.74) is -1.41. The van der Waals surface area contributed by atoms with E-state index in [1.54, 1.807) is 0 Å². The smallest absolute Gasteiger partial charge is 0.249 e. The fourth-order valence-corrected chi connectivity index (χ4v) is 3.08. The first-order chi connectivity index (χ1) is 9.19. The zero-order valence-corrected chi connectivity index (χ0v) is 13.5. The van der Waals surface area contributed by atoms with E-state index in [1.165, 1.54) is 0 Å². The van der Waals surface area contributed by atoms with Crippen LogP contribution in [0.5, 0.6) is 0 Å². The van der Waals surface area contributed by atoms with E-state index in [9.17, 15) is 9.59 Å². The van der Waals surface area contributed by atoms with Crippen molar-refractivity contribution in [2.24, 2.45) is 11.8 Å². The molecule has 4 nitrogen and oxygen atoms in total. The van der Waals surface area contributed by atoms with Gasteiger partial charge < -0.3 is 10.2 Å². The first-order valence-electron chi connectivity index (χ1n) is 7.84. The van der Waals surface area contributed by atoms with Crippen LogP contribution in [-0.2, 0) is 9.59 Å². The van der Waals surface area contributed by atoms with Crippen LogP contribution in [-0.4, -0.2) is 34.3 Å². The van der Waals surface area contributed by atoms with Gasteiger partial charge in [-0.3, -0.25) is 9.59 Å². The summed E-state index contributed by atoms with van der Waals surface area (Å²) in [5, 5.41) is 2.99. The number of amides is 2. The molecule has 1 atom stereocenters. The van der Waals surface area contributed by atoms with Gasteiger partial charge in [0, 0.05) is 6.54 Å². The molecule has 0 radical (unpaired) electrons. The third-order valence-corrected chi connectivity index (χ3v) is 4.85. The second kappa shape index (κ2) is 5.05. The maximum Gasteiger partial charge on any atom is 0.249 e. The highest BCUT2D eigenvalue weighted by atomic mass is 16.2. The Hall–Kier alpha value is -1.06. The first kappa shape index (κ1) is 15.3. The van der Waals surface area contributed by atoms with Crippen molar-refractivity contribution in [1.82, 2.24) is 10.2 Å². The van der Waals surface area contributed by atoms with E-state index < -0.39 is 11.1 Å². The Labute approximate surface area is 122 Å². The van der Waals surface area contributed by atoms with E-state index >= 15 is 0 Å². The molecule has 4 heteroatoms. The first-order valence-corrected chi connectivity index (χ1v) is 7.84. The van der Waals surface area contributed by atoms with E-state index in [4.69, 9.17) is 0 Å². The summed E-state index contributed by atoms with van der Waals surface area (Å²) in [6, 6.07) is 0. The van der Waals surface area contributed by atoms with Gasteiger partial charge in [-0.25, -0.2) is 0 Å². The maximum absolute atomic E-state index is 12.9. The Morgan fingerprint density at radius 3 is 2.35 bits per heavy atom. The molecule has 2 aliphatic rings. The van der Waals surface area contributed by atoms with Crippen LogP contribution >= 0.6 is 0 Å². The molecule has 0 aromatic heterocycles. The molecule has 1 aliphatic carbocycles. The minimum atomic E-state index is -0.734. The van der Waals surface area contributed by atoms with Gasteiger partial charge in [0.15, 0.2) is 0 Å². The Morgan fingerprint density at radius 1 is 1.25 bits per heavy atom. The van der Waals surface area contributed by atoms with E-state index in [1.807, 2.05) is 25.7 Å². The lowest BCUT2D eigenvalue weighted by Gasteiger charge is -2.49. The zero-order chi connectivity index (χ0) is 15.1. The molecule has 2 amide bonds. The fourth-order valence-electron chi connectivity index (χ4n) is 3.08. The van der Waals surface area contributed by atoms with Gasteiger partial charge in [0.1, 0.15) is 11.1 Å². The lowest BCUT2D eigenvalue weighted by molar-refractivity contribution is -0.161. The van der Waals surface area contributed by atoms with Crippen LogP contribution in [0.4, 0.5) is 0 Å². The number of carbonyl (C=O) groups is 2. The van der Waals surface area contributed by atoms with Gasteiger partial charge in [-0.15, -0.1) is 0 Å². The lowest BCUT2D eigenvalue weighted by atomic mass is 9.85. The number of carbonyl (C=O) groups excluding carboxylic acids is 2. The second-order valence-electron chi connectivity index (χ2n) is 7.48. The van der Waals surface area contributed by atoms with Gasteiger partial charge in [0.2, 0.25) is 11.8 Å². The van der Waals surface area contributed by atoms with Crippen molar-refractivity contribution in [2.45, 2.75) is 71.4 Å². The summed E-state index contributed by atoms with van der Waals surface area (Å²) in [4.78, 5) is 27.1. The topological polar surface area (TPSA) is 49.4 Å². The maximum atomic E-state index is 12.9. The Balaban J connectivity index is 2.15. The van der Waals surface area contributed by atoms with Crippen molar-refractivity contribution < 1.29 is 9.59 Å². The number of rotatable bonds is 5. The second-order valence-corrected chi connectivity index (χ2v) is 7.48. The molecule has 0 aromatic carbocycles. The fraction of sp³-hybridized carbons (Fsp3) is 0.875. The summed E-state index contributed by atoms with van der Waals surface area (Å²) in [6.07, 6.45) is 4.13. The van der Waals surface area contributed by atoms with E-state index in [2.05, 4.69) is 19.2 Å². The quantitative estimate of drug-likeness (QED) is 0.840. The molecular weight excluding hydrogens is 252 g/mol. The molecule has 0 bridgehead atoms. The molecule has 2 rings (SSSR count). The van der Waals surface area contributed by atoms with Crippen LogP contribution in [0.15, 0.2) is 0 Å². The van der Waals surface area contributed by atoms with E-state index in [0.717, 1.165) is 25.7 Å². The minimum Gasteiger partial charge on any atom is -0.340 e. The van der Waals surface area contributed by atoms with Crippen LogP contribution in [0.3, 0.4) is 0 Å². The SMILES string of the molecule is CC(C)CCCN1C(=O)C(C)(C2CC2)NC(=O)C1(C)C. The predicted molar refractivity (Wildman–Crippen MR) is 79.1 cm³/mol. The highest BCUT2D eigenvalue weighted by Crippen LogP contribution is 2.43. The van der Waals surface area contributed by atoms with Crippen molar-refractivity contribution in [1.29, 1.82) is 0 Å². The molecule has 1 aliphatic heterocycles. The molecule has 20 heavy (non-hydrogen) atoms. The summed E-state index contributed by atoms with van der Waals surface area (Å²) >= 11 is 0. The molecule has 1 heterocycles. The van der Waals surface area contributed by atoms with Crippen LogP contribution < -0.4 is 5.32 Å². The average Bonchev–Trinajstić information content (AvgIpc) is 3.15. The van der Waals surface area contributed by atoms with Gasteiger partial charge in [-0.2, -0.15) is 0 Å². The van der Waals surface area contributed by atoms with Crippen molar-refractivity contribution in [3.05, 3.63) is 0 Å². The number of nitrogens with zero attached hydrogens (tertiary/aromatic N) is 1. The van der Waals surface area contributed by atoms with Gasteiger partial charge in [0.25, 0.3) is 0 Å². The molecule has 114 valence electrons. The highest BCUT2D eigenvalue weighted by Gasteiger charge is 2.57. The third-order valence-electron chi connectivity index (χ3n) is 4.85. The molecule has 1 saturated carbocycles. The lowest BCUT2D eigenvalue weighted by Crippen LogP contribution is -2.74. The van der Waals surface area contributed by atoms with E-state index in [0.29, 0.717) is 18.4 Å². The van der Waals surface area contributed by atoms with Crippen LogP contribution in [0, 0.1) is 11.8 Å². The summed E-state index contributed by atoms with van der Waals surface area (Å²) in [5.74, 6) is 1.04. The number of piperazine rings is 1. The van der Waals surface area contributed by atoms with Gasteiger partial charge >= 0.3 is 0 Å². The summed E-state index contributed by atoms with van der Waals surface area (Å²) < 4.78 is 0. The van der Waals surface area contributed by atoms with Crippen molar-refractivity contribution in [3.8, 4) is 0 Å². The Bertz CT molecular complexity index is 413. The molecule has 0 aromatic rings. The highest BCUT2D eigenvalue weighted by molar-refractivity contribution is 6.02. The van der Waals surface area contributed by atoms with Crippen LogP contribution in [0.1, 0.15) is 60.3 Å². The number of hydrogen-bond donors (Lipinski definition) is 1. The van der Waals surface area contributed by atoms with Crippen molar-refractivity contribution in [3.63, 3.8) is 0 Å². The molecule has 1 unspecified atom stereocenters. The average molecular weight is 280 g/mol. The number of nitrogens with one attached hydrogen (secondary N) is 1. The zero-order valence-electron chi connectivity index (χ0n) is 13.5. The van der Waals surface area contributed by atoms with Crippen molar-refractivity contribution in [2.75, 3.05) is 6.54 Å². The normalized spacial score (nSPS) is 29.8. The van der Waals surface area contributed by atoms with Crippen LogP contribution in [0.25, 0.3) is 0 Å². The largest absolute Gasteiger partial charge is 0.340 e.